The number of para-hydroxylation sites is 2. The van der Waals surface area contributed by atoms with Gasteiger partial charge < -0.3 is 21.1 Å². The van der Waals surface area contributed by atoms with E-state index >= 15 is 0 Å². The maximum absolute atomic E-state index is 11.4. The molecule has 5 nitrogen and oxygen atoms in total. The monoisotopic (exact) mass is 207 g/mol. The van der Waals surface area contributed by atoms with Crippen LogP contribution in [0.4, 0.5) is 10.5 Å². The third-order valence-electron chi connectivity index (χ3n) is 2.27. The SMILES string of the molecule is O=C(Nc1ccccc1O)NC1CNC1. The van der Waals surface area contributed by atoms with E-state index in [4.69, 9.17) is 0 Å². The van der Waals surface area contributed by atoms with Gasteiger partial charge >= 0.3 is 6.03 Å². The van der Waals surface area contributed by atoms with Gasteiger partial charge in [0.25, 0.3) is 0 Å². The molecule has 5 heteroatoms. The first-order valence-electron chi connectivity index (χ1n) is 4.82. The van der Waals surface area contributed by atoms with Crippen LogP contribution in [0.15, 0.2) is 24.3 Å². The van der Waals surface area contributed by atoms with Crippen LogP contribution in [-0.4, -0.2) is 30.3 Å². The van der Waals surface area contributed by atoms with Crippen molar-refractivity contribution in [1.29, 1.82) is 0 Å². The van der Waals surface area contributed by atoms with Crippen LogP contribution in [0.25, 0.3) is 0 Å². The summed E-state index contributed by atoms with van der Waals surface area (Å²) in [4.78, 5) is 11.4. The number of aromatic hydroxyl groups is 1. The predicted molar refractivity (Wildman–Crippen MR) is 56.9 cm³/mol. The molecule has 0 atom stereocenters. The highest BCUT2D eigenvalue weighted by Gasteiger charge is 2.18. The number of nitrogens with one attached hydrogen (secondary N) is 3. The Morgan fingerprint density at radius 2 is 2.13 bits per heavy atom. The van der Waals surface area contributed by atoms with Gasteiger partial charge in [0.15, 0.2) is 0 Å². The summed E-state index contributed by atoms with van der Waals surface area (Å²) >= 11 is 0. The number of rotatable bonds is 2. The van der Waals surface area contributed by atoms with Gasteiger partial charge in [0.1, 0.15) is 5.75 Å². The Labute approximate surface area is 87.5 Å². The number of amides is 2. The molecule has 1 aromatic rings. The molecular formula is C10H13N3O2. The molecule has 2 rings (SSSR count). The maximum atomic E-state index is 11.4. The zero-order valence-corrected chi connectivity index (χ0v) is 8.16. The highest BCUT2D eigenvalue weighted by Crippen LogP contribution is 2.21. The Kier molecular flexibility index (Phi) is 2.73. The number of carbonyl (C=O) groups is 1. The summed E-state index contributed by atoms with van der Waals surface area (Å²) < 4.78 is 0. The van der Waals surface area contributed by atoms with Gasteiger partial charge in [-0.3, -0.25) is 0 Å². The van der Waals surface area contributed by atoms with E-state index in [-0.39, 0.29) is 17.8 Å². The fraction of sp³-hybridized carbons (Fsp3) is 0.300. The highest BCUT2D eigenvalue weighted by atomic mass is 16.3. The lowest BCUT2D eigenvalue weighted by molar-refractivity contribution is 0.242. The molecule has 4 N–H and O–H groups in total. The Balaban J connectivity index is 1.90. The molecule has 1 saturated heterocycles. The molecule has 0 aliphatic carbocycles. The summed E-state index contributed by atoms with van der Waals surface area (Å²) in [5, 5.41) is 17.8. The molecule has 0 aromatic heterocycles. The summed E-state index contributed by atoms with van der Waals surface area (Å²) in [6, 6.07) is 6.53. The molecule has 80 valence electrons. The second kappa shape index (κ2) is 4.18. The standard InChI is InChI=1S/C10H13N3O2/c14-9-4-2-1-3-8(9)13-10(15)12-7-5-11-6-7/h1-4,7,11,14H,5-6H2,(H2,12,13,15). The van der Waals surface area contributed by atoms with Crippen LogP contribution >= 0.6 is 0 Å². The molecule has 1 aliphatic heterocycles. The Morgan fingerprint density at radius 3 is 2.73 bits per heavy atom. The molecule has 0 unspecified atom stereocenters. The van der Waals surface area contributed by atoms with Crippen molar-refractivity contribution in [1.82, 2.24) is 10.6 Å². The minimum absolute atomic E-state index is 0.0689. The normalized spacial score (nSPS) is 15.5. The third kappa shape index (κ3) is 2.38. The molecule has 15 heavy (non-hydrogen) atoms. The molecule has 0 saturated carbocycles. The van der Waals surface area contributed by atoms with Crippen molar-refractivity contribution < 1.29 is 9.90 Å². The van der Waals surface area contributed by atoms with Crippen LogP contribution in [0.2, 0.25) is 0 Å². The minimum Gasteiger partial charge on any atom is -0.506 e. The molecule has 0 bridgehead atoms. The Bertz CT molecular complexity index is 363. The van der Waals surface area contributed by atoms with Crippen LogP contribution in [0.1, 0.15) is 0 Å². The largest absolute Gasteiger partial charge is 0.506 e. The molecule has 1 heterocycles. The molecule has 2 amide bonds. The molecule has 0 radical (unpaired) electrons. The van der Waals surface area contributed by atoms with E-state index in [1.807, 2.05) is 0 Å². The number of hydrogen-bond acceptors (Lipinski definition) is 3. The lowest BCUT2D eigenvalue weighted by Crippen LogP contribution is -2.57. The second-order valence-corrected chi connectivity index (χ2v) is 3.47. The van der Waals surface area contributed by atoms with Crippen molar-refractivity contribution in [2.24, 2.45) is 0 Å². The number of carbonyl (C=O) groups excluding carboxylic acids is 1. The van der Waals surface area contributed by atoms with Gasteiger partial charge in [0, 0.05) is 13.1 Å². The van der Waals surface area contributed by atoms with Gasteiger partial charge in [-0.25, -0.2) is 4.79 Å². The summed E-state index contributed by atoms with van der Waals surface area (Å²) in [5.41, 5.74) is 0.419. The van der Waals surface area contributed by atoms with Crippen molar-refractivity contribution in [2.75, 3.05) is 18.4 Å². The fourth-order valence-electron chi connectivity index (χ4n) is 1.31. The molecule has 1 fully saturated rings. The van der Waals surface area contributed by atoms with Crippen molar-refractivity contribution in [3.63, 3.8) is 0 Å². The van der Waals surface area contributed by atoms with Gasteiger partial charge in [-0.05, 0) is 12.1 Å². The molecule has 1 aliphatic rings. The molecule has 1 aromatic carbocycles. The van der Waals surface area contributed by atoms with Gasteiger partial charge in [0.05, 0.1) is 11.7 Å². The van der Waals surface area contributed by atoms with E-state index in [0.717, 1.165) is 13.1 Å². The number of benzene rings is 1. The van der Waals surface area contributed by atoms with Crippen LogP contribution in [0.5, 0.6) is 5.75 Å². The van der Waals surface area contributed by atoms with Crippen molar-refractivity contribution >= 4 is 11.7 Å². The summed E-state index contributed by atoms with van der Waals surface area (Å²) in [6.07, 6.45) is 0. The summed E-state index contributed by atoms with van der Waals surface area (Å²) in [7, 11) is 0. The first-order chi connectivity index (χ1) is 7.25. The third-order valence-corrected chi connectivity index (χ3v) is 2.27. The van der Waals surface area contributed by atoms with Crippen LogP contribution < -0.4 is 16.0 Å². The van der Waals surface area contributed by atoms with Crippen LogP contribution in [0, 0.1) is 0 Å². The van der Waals surface area contributed by atoms with Gasteiger partial charge in [-0.1, -0.05) is 12.1 Å². The van der Waals surface area contributed by atoms with Gasteiger partial charge in [-0.15, -0.1) is 0 Å². The average molecular weight is 207 g/mol. The first kappa shape index (κ1) is 9.79. The topological polar surface area (TPSA) is 73.4 Å². The van der Waals surface area contributed by atoms with E-state index in [9.17, 15) is 9.90 Å². The van der Waals surface area contributed by atoms with E-state index in [2.05, 4.69) is 16.0 Å². The van der Waals surface area contributed by atoms with Crippen molar-refractivity contribution in [3.05, 3.63) is 24.3 Å². The van der Waals surface area contributed by atoms with E-state index in [1.165, 1.54) is 6.07 Å². The number of anilines is 1. The predicted octanol–water partition coefficient (Wildman–Crippen LogP) is 0.485. The Hall–Kier alpha value is -1.75. The smallest absolute Gasteiger partial charge is 0.319 e. The second-order valence-electron chi connectivity index (χ2n) is 3.47. The van der Waals surface area contributed by atoms with Crippen molar-refractivity contribution in [2.45, 2.75) is 6.04 Å². The first-order valence-corrected chi connectivity index (χ1v) is 4.82. The van der Waals surface area contributed by atoms with Crippen LogP contribution in [0.3, 0.4) is 0 Å². The minimum atomic E-state index is -0.289. The molecule has 0 spiro atoms. The van der Waals surface area contributed by atoms with Gasteiger partial charge in [0.2, 0.25) is 0 Å². The fourth-order valence-corrected chi connectivity index (χ4v) is 1.31. The number of urea groups is 1. The number of hydrogen-bond donors (Lipinski definition) is 4. The van der Waals surface area contributed by atoms with Crippen LogP contribution in [-0.2, 0) is 0 Å². The molecular weight excluding hydrogens is 194 g/mol. The van der Waals surface area contributed by atoms with E-state index in [0.29, 0.717) is 5.69 Å². The average Bonchev–Trinajstić information content (AvgIpc) is 2.16. The lowest BCUT2D eigenvalue weighted by atomic mass is 10.2. The maximum Gasteiger partial charge on any atom is 0.319 e. The quantitative estimate of drug-likeness (QED) is 0.533. The number of phenols is 1. The zero-order chi connectivity index (χ0) is 10.7. The lowest BCUT2D eigenvalue weighted by Gasteiger charge is -2.27. The van der Waals surface area contributed by atoms with E-state index in [1.54, 1.807) is 18.2 Å². The highest BCUT2D eigenvalue weighted by molar-refractivity contribution is 5.91. The summed E-state index contributed by atoms with van der Waals surface area (Å²) in [5.74, 6) is 0.0689. The van der Waals surface area contributed by atoms with E-state index < -0.39 is 0 Å². The van der Waals surface area contributed by atoms with Gasteiger partial charge in [-0.2, -0.15) is 0 Å². The zero-order valence-electron chi connectivity index (χ0n) is 8.16. The Morgan fingerprint density at radius 1 is 1.40 bits per heavy atom. The van der Waals surface area contributed by atoms with Crippen molar-refractivity contribution in [3.8, 4) is 5.75 Å². The number of phenolic OH excluding ortho intramolecular Hbond substituents is 1. The summed E-state index contributed by atoms with van der Waals surface area (Å²) in [6.45, 7) is 1.60.